The molecule has 2 aromatic rings. The first-order valence-corrected chi connectivity index (χ1v) is 7.20. The zero-order valence-corrected chi connectivity index (χ0v) is 13.1. The molecule has 0 spiro atoms. The number of hydrogen-bond acceptors (Lipinski definition) is 2. The summed E-state index contributed by atoms with van der Waals surface area (Å²) >= 11 is 6.88. The van der Waals surface area contributed by atoms with Gasteiger partial charge in [0, 0.05) is 27.3 Å². The quantitative estimate of drug-likeness (QED) is 0.878. The number of nitrogens with zero attached hydrogens (tertiary/aromatic N) is 1. The molecule has 0 saturated carbocycles. The van der Waals surface area contributed by atoms with Crippen molar-refractivity contribution in [3.05, 3.63) is 62.3 Å². The highest BCUT2D eigenvalue weighted by Gasteiger charge is 2.14. The molecule has 1 heterocycles. The molecule has 1 unspecified atom stereocenters. The Morgan fingerprint density at radius 2 is 2.06 bits per heavy atom. The molecule has 0 bridgehead atoms. The van der Waals surface area contributed by atoms with Gasteiger partial charge in [-0.25, -0.2) is 0 Å². The molecule has 1 N–H and O–H groups in total. The molecule has 0 saturated heterocycles. The van der Waals surface area contributed by atoms with Crippen molar-refractivity contribution in [2.75, 3.05) is 0 Å². The van der Waals surface area contributed by atoms with Crippen molar-refractivity contribution in [1.82, 2.24) is 4.98 Å². The van der Waals surface area contributed by atoms with Crippen LogP contribution in [0.25, 0.3) is 0 Å². The summed E-state index contributed by atoms with van der Waals surface area (Å²) in [5, 5.41) is 10.3. The van der Waals surface area contributed by atoms with Crippen molar-refractivity contribution in [1.29, 1.82) is 0 Å². The summed E-state index contributed by atoms with van der Waals surface area (Å²) in [5.74, 6) is 0. The van der Waals surface area contributed by atoms with Crippen LogP contribution in [0, 0.1) is 6.92 Å². The van der Waals surface area contributed by atoms with Gasteiger partial charge in [-0.2, -0.15) is 0 Å². The number of aryl methyl sites for hydroxylation is 1. The van der Waals surface area contributed by atoms with Crippen molar-refractivity contribution in [3.63, 3.8) is 0 Å². The highest BCUT2D eigenvalue weighted by molar-refractivity contribution is 9.11. The SMILES string of the molecule is Cc1cccnc1CC(O)c1cc(Br)ccc1Br. The molecule has 2 rings (SSSR count). The summed E-state index contributed by atoms with van der Waals surface area (Å²) in [5.41, 5.74) is 2.90. The first-order valence-electron chi connectivity index (χ1n) is 5.61. The van der Waals surface area contributed by atoms with Gasteiger partial charge in [0.25, 0.3) is 0 Å². The van der Waals surface area contributed by atoms with E-state index in [0.717, 1.165) is 25.8 Å². The summed E-state index contributed by atoms with van der Waals surface area (Å²) in [6.07, 6.45) is 1.71. The van der Waals surface area contributed by atoms with E-state index < -0.39 is 6.10 Å². The average Bonchev–Trinajstić information content (AvgIpc) is 2.35. The van der Waals surface area contributed by atoms with Gasteiger partial charge in [0.05, 0.1) is 6.10 Å². The maximum absolute atomic E-state index is 10.3. The van der Waals surface area contributed by atoms with Crippen LogP contribution in [0.15, 0.2) is 45.5 Å². The second-order valence-electron chi connectivity index (χ2n) is 4.15. The number of benzene rings is 1. The Morgan fingerprint density at radius 3 is 2.78 bits per heavy atom. The number of aliphatic hydroxyl groups excluding tert-OH is 1. The molecule has 94 valence electrons. The summed E-state index contributed by atoms with van der Waals surface area (Å²) in [7, 11) is 0. The van der Waals surface area contributed by atoms with E-state index in [0.29, 0.717) is 6.42 Å². The fourth-order valence-corrected chi connectivity index (χ4v) is 2.68. The minimum atomic E-state index is -0.564. The molecule has 1 atom stereocenters. The molecule has 0 aliphatic heterocycles. The van der Waals surface area contributed by atoms with Gasteiger partial charge in [-0.05, 0) is 42.3 Å². The maximum atomic E-state index is 10.3. The van der Waals surface area contributed by atoms with Crippen LogP contribution in [0.1, 0.15) is 22.9 Å². The lowest BCUT2D eigenvalue weighted by Gasteiger charge is -2.14. The zero-order valence-electron chi connectivity index (χ0n) is 9.90. The summed E-state index contributed by atoms with van der Waals surface area (Å²) in [4.78, 5) is 4.31. The lowest BCUT2D eigenvalue weighted by molar-refractivity contribution is 0.176. The van der Waals surface area contributed by atoms with Crippen LogP contribution in [0.2, 0.25) is 0 Å². The molecule has 0 amide bonds. The monoisotopic (exact) mass is 369 g/mol. The molecular weight excluding hydrogens is 358 g/mol. The summed E-state index contributed by atoms with van der Waals surface area (Å²) in [6, 6.07) is 9.69. The lowest BCUT2D eigenvalue weighted by Crippen LogP contribution is -2.05. The van der Waals surface area contributed by atoms with E-state index in [9.17, 15) is 5.11 Å². The van der Waals surface area contributed by atoms with Crippen LogP contribution < -0.4 is 0 Å². The van der Waals surface area contributed by atoms with E-state index >= 15 is 0 Å². The number of halogens is 2. The highest BCUT2D eigenvalue weighted by atomic mass is 79.9. The molecule has 0 fully saturated rings. The Balaban J connectivity index is 2.25. The second kappa shape index (κ2) is 5.95. The van der Waals surface area contributed by atoms with E-state index in [1.165, 1.54) is 0 Å². The summed E-state index contributed by atoms with van der Waals surface area (Å²) in [6.45, 7) is 2.00. The Hall–Kier alpha value is -0.710. The third kappa shape index (κ3) is 3.19. The molecule has 1 aromatic carbocycles. The highest BCUT2D eigenvalue weighted by Crippen LogP contribution is 2.29. The van der Waals surface area contributed by atoms with Crippen molar-refractivity contribution in [2.45, 2.75) is 19.4 Å². The van der Waals surface area contributed by atoms with Gasteiger partial charge in [-0.15, -0.1) is 0 Å². The number of hydrogen-bond donors (Lipinski definition) is 1. The van der Waals surface area contributed by atoms with E-state index in [1.807, 2.05) is 37.3 Å². The first kappa shape index (κ1) is 13.7. The normalized spacial score (nSPS) is 12.4. The molecule has 0 radical (unpaired) electrons. The van der Waals surface area contributed by atoms with Crippen molar-refractivity contribution in [2.24, 2.45) is 0 Å². The summed E-state index contributed by atoms with van der Waals surface area (Å²) < 4.78 is 1.87. The topological polar surface area (TPSA) is 33.1 Å². The predicted molar refractivity (Wildman–Crippen MR) is 79.5 cm³/mol. The molecule has 4 heteroatoms. The minimum absolute atomic E-state index is 0.516. The Morgan fingerprint density at radius 1 is 1.28 bits per heavy atom. The van der Waals surface area contributed by atoms with Gasteiger partial charge >= 0.3 is 0 Å². The van der Waals surface area contributed by atoms with Crippen molar-refractivity contribution in [3.8, 4) is 0 Å². The third-order valence-corrected chi connectivity index (χ3v) is 4.04. The van der Waals surface area contributed by atoms with Crippen LogP contribution in [-0.2, 0) is 6.42 Å². The lowest BCUT2D eigenvalue weighted by atomic mass is 10.0. The average molecular weight is 371 g/mol. The van der Waals surface area contributed by atoms with E-state index in [1.54, 1.807) is 6.20 Å². The molecule has 1 aromatic heterocycles. The van der Waals surface area contributed by atoms with Crippen LogP contribution in [0.4, 0.5) is 0 Å². The third-order valence-electron chi connectivity index (χ3n) is 2.82. The number of aliphatic hydroxyl groups is 1. The Bertz CT molecular complexity index is 557. The number of aromatic nitrogens is 1. The molecular formula is C14H13Br2NO. The number of rotatable bonds is 3. The minimum Gasteiger partial charge on any atom is -0.388 e. The van der Waals surface area contributed by atoms with Crippen molar-refractivity contribution >= 4 is 31.9 Å². The van der Waals surface area contributed by atoms with Gasteiger partial charge < -0.3 is 5.11 Å². The van der Waals surface area contributed by atoms with Gasteiger partial charge in [0.15, 0.2) is 0 Å². The second-order valence-corrected chi connectivity index (χ2v) is 5.92. The molecule has 18 heavy (non-hydrogen) atoms. The smallest absolute Gasteiger partial charge is 0.0856 e. The van der Waals surface area contributed by atoms with Gasteiger partial charge in [-0.3, -0.25) is 4.98 Å². The van der Waals surface area contributed by atoms with Gasteiger partial charge in [-0.1, -0.05) is 37.9 Å². The van der Waals surface area contributed by atoms with Crippen LogP contribution >= 0.6 is 31.9 Å². The van der Waals surface area contributed by atoms with E-state index in [4.69, 9.17) is 0 Å². The Labute approximate surface area is 123 Å². The van der Waals surface area contributed by atoms with E-state index in [2.05, 4.69) is 36.8 Å². The first-order chi connectivity index (χ1) is 8.58. The van der Waals surface area contributed by atoms with Crippen LogP contribution in [-0.4, -0.2) is 10.1 Å². The largest absolute Gasteiger partial charge is 0.388 e. The zero-order chi connectivity index (χ0) is 13.1. The fourth-order valence-electron chi connectivity index (χ4n) is 1.80. The molecule has 0 aliphatic rings. The van der Waals surface area contributed by atoms with Gasteiger partial charge in [0.2, 0.25) is 0 Å². The number of pyridine rings is 1. The van der Waals surface area contributed by atoms with Crippen LogP contribution in [0.5, 0.6) is 0 Å². The van der Waals surface area contributed by atoms with E-state index in [-0.39, 0.29) is 0 Å². The molecule has 2 nitrogen and oxygen atoms in total. The Kier molecular flexibility index (Phi) is 4.54. The molecule has 0 aliphatic carbocycles. The van der Waals surface area contributed by atoms with Crippen molar-refractivity contribution < 1.29 is 5.11 Å². The van der Waals surface area contributed by atoms with Crippen LogP contribution in [0.3, 0.4) is 0 Å². The maximum Gasteiger partial charge on any atom is 0.0856 e. The fraction of sp³-hybridized carbons (Fsp3) is 0.214. The predicted octanol–water partition coefficient (Wildman–Crippen LogP) is 4.19. The standard InChI is InChI=1S/C14H13Br2NO/c1-9-3-2-6-17-13(9)8-14(18)11-7-10(15)4-5-12(11)16/h2-7,14,18H,8H2,1H3. The van der Waals surface area contributed by atoms with Gasteiger partial charge in [0.1, 0.15) is 0 Å².